The molecule has 2 aromatic rings. The molecule has 7 nitrogen and oxygen atoms in total. The number of amides is 1. The topological polar surface area (TPSA) is 90.3 Å². The maximum atomic E-state index is 12.3. The highest BCUT2D eigenvalue weighted by Crippen LogP contribution is 2.14. The van der Waals surface area contributed by atoms with Crippen molar-refractivity contribution in [1.29, 1.82) is 0 Å². The molecule has 1 heterocycles. The lowest BCUT2D eigenvalue weighted by molar-refractivity contribution is -0.128. The lowest BCUT2D eigenvalue weighted by atomic mass is 10.3. The molecule has 0 unspecified atom stereocenters. The van der Waals surface area contributed by atoms with Crippen molar-refractivity contribution in [2.45, 2.75) is 20.0 Å². The first kappa shape index (κ1) is 19.4. The van der Waals surface area contributed by atoms with E-state index in [4.69, 9.17) is 16.3 Å². The lowest BCUT2D eigenvalue weighted by Crippen LogP contribution is -2.37. The van der Waals surface area contributed by atoms with Gasteiger partial charge in [-0.05, 0) is 38.1 Å². The number of ether oxygens (including phenoxy) is 1. The predicted molar refractivity (Wildman–Crippen MR) is 97.7 cm³/mol. The molecule has 0 saturated carbocycles. The van der Waals surface area contributed by atoms with Crippen LogP contribution in [0.1, 0.15) is 23.1 Å². The summed E-state index contributed by atoms with van der Waals surface area (Å²) in [5, 5.41) is 7.14. The summed E-state index contributed by atoms with van der Waals surface area (Å²) in [5.74, 6) is -1.47. The van der Waals surface area contributed by atoms with E-state index in [1.165, 1.54) is 23.7 Å². The summed E-state index contributed by atoms with van der Waals surface area (Å²) < 4.78 is 6.47. The van der Waals surface area contributed by atoms with Gasteiger partial charge in [-0.15, -0.1) is 6.58 Å². The fraction of sp³-hybridized carbons (Fsp3) is 0.222. The Morgan fingerprint density at radius 1 is 1.38 bits per heavy atom. The van der Waals surface area contributed by atoms with Crippen LogP contribution in [-0.4, -0.2) is 34.3 Å². The molecule has 0 fully saturated rings. The van der Waals surface area contributed by atoms with Crippen LogP contribution in [0.15, 0.2) is 47.8 Å². The Morgan fingerprint density at radius 3 is 2.65 bits per heavy atom. The number of esters is 1. The van der Waals surface area contributed by atoms with E-state index in [9.17, 15) is 14.4 Å². The second kappa shape index (κ2) is 8.44. The number of carbonyl (C=O) groups excluding carboxylic acids is 2. The highest BCUT2D eigenvalue weighted by Gasteiger charge is 2.22. The van der Waals surface area contributed by atoms with E-state index >= 15 is 0 Å². The van der Waals surface area contributed by atoms with Gasteiger partial charge in [0.2, 0.25) is 11.1 Å². The molecule has 0 spiro atoms. The van der Waals surface area contributed by atoms with Crippen LogP contribution in [0, 0.1) is 6.92 Å². The Bertz CT molecular complexity index is 890. The first-order valence-corrected chi connectivity index (χ1v) is 8.17. The van der Waals surface area contributed by atoms with Gasteiger partial charge in [-0.2, -0.15) is 5.10 Å². The first-order chi connectivity index (χ1) is 12.3. The SMILES string of the molecule is C=CCNC(=O)[C@H](C)OC(=O)c1nn(-c2ccc(Cl)cc2)c(C)cc1=O. The van der Waals surface area contributed by atoms with Gasteiger partial charge < -0.3 is 10.1 Å². The average molecular weight is 376 g/mol. The highest BCUT2D eigenvalue weighted by atomic mass is 35.5. The van der Waals surface area contributed by atoms with Crippen molar-refractivity contribution in [3.8, 4) is 5.69 Å². The number of carbonyl (C=O) groups is 2. The Kier molecular flexibility index (Phi) is 6.30. The highest BCUT2D eigenvalue weighted by molar-refractivity contribution is 6.30. The molecule has 0 saturated heterocycles. The molecule has 8 heteroatoms. The van der Waals surface area contributed by atoms with Crippen LogP contribution in [0.2, 0.25) is 5.02 Å². The number of aromatic nitrogens is 2. The van der Waals surface area contributed by atoms with E-state index < -0.39 is 29.1 Å². The molecular formula is C18H18ClN3O4. The third-order valence-corrected chi connectivity index (χ3v) is 3.70. The first-order valence-electron chi connectivity index (χ1n) is 7.80. The molecule has 1 amide bonds. The molecule has 1 N–H and O–H groups in total. The number of hydrogen-bond acceptors (Lipinski definition) is 5. The molecule has 1 aromatic carbocycles. The van der Waals surface area contributed by atoms with Crippen molar-refractivity contribution in [3.05, 3.63) is 69.6 Å². The van der Waals surface area contributed by atoms with Crippen molar-refractivity contribution in [3.63, 3.8) is 0 Å². The average Bonchev–Trinajstić information content (AvgIpc) is 2.60. The standard InChI is InChI=1S/C18H18ClN3O4/c1-4-9-20-17(24)12(3)26-18(25)16-15(23)10-11(2)22(21-16)14-7-5-13(19)6-8-14/h4-8,10,12H,1,9H2,2-3H3,(H,20,24)/t12-/m0/s1. The molecule has 1 atom stereocenters. The summed E-state index contributed by atoms with van der Waals surface area (Å²) in [7, 11) is 0. The normalized spacial score (nSPS) is 11.5. The number of hydrogen-bond donors (Lipinski definition) is 1. The second-order valence-corrected chi connectivity index (χ2v) is 5.90. The number of nitrogens with one attached hydrogen (secondary N) is 1. The van der Waals surface area contributed by atoms with E-state index in [-0.39, 0.29) is 6.54 Å². The zero-order valence-corrected chi connectivity index (χ0v) is 15.1. The van der Waals surface area contributed by atoms with E-state index in [0.29, 0.717) is 16.4 Å². The van der Waals surface area contributed by atoms with Gasteiger partial charge in [0, 0.05) is 23.3 Å². The van der Waals surface area contributed by atoms with Gasteiger partial charge in [0.05, 0.1) is 5.69 Å². The van der Waals surface area contributed by atoms with Gasteiger partial charge >= 0.3 is 5.97 Å². The number of nitrogens with zero attached hydrogens (tertiary/aromatic N) is 2. The van der Waals surface area contributed by atoms with Crippen LogP contribution in [0.25, 0.3) is 5.69 Å². The van der Waals surface area contributed by atoms with Gasteiger partial charge in [0.25, 0.3) is 5.91 Å². The van der Waals surface area contributed by atoms with E-state index in [1.807, 2.05) is 0 Å². The second-order valence-electron chi connectivity index (χ2n) is 5.47. The van der Waals surface area contributed by atoms with Gasteiger partial charge in [-0.25, -0.2) is 9.48 Å². The zero-order chi connectivity index (χ0) is 19.3. The maximum Gasteiger partial charge on any atom is 0.363 e. The molecule has 0 radical (unpaired) electrons. The molecular weight excluding hydrogens is 358 g/mol. The summed E-state index contributed by atoms with van der Waals surface area (Å²) in [6, 6.07) is 8.02. The van der Waals surface area contributed by atoms with E-state index in [0.717, 1.165) is 0 Å². The minimum atomic E-state index is -1.08. The Hall–Kier alpha value is -2.93. The summed E-state index contributed by atoms with van der Waals surface area (Å²) in [6.45, 7) is 6.81. The van der Waals surface area contributed by atoms with Crippen LogP contribution in [0.4, 0.5) is 0 Å². The Balaban J connectivity index is 2.28. The van der Waals surface area contributed by atoms with Crippen LogP contribution < -0.4 is 10.7 Å². The van der Waals surface area contributed by atoms with Crippen LogP contribution in [0.5, 0.6) is 0 Å². The van der Waals surface area contributed by atoms with Crippen LogP contribution in [0.3, 0.4) is 0 Å². The van der Waals surface area contributed by atoms with Crippen molar-refractivity contribution < 1.29 is 14.3 Å². The fourth-order valence-electron chi connectivity index (χ4n) is 2.12. The number of aryl methyl sites for hydroxylation is 1. The third kappa shape index (κ3) is 4.58. The van der Waals surface area contributed by atoms with Gasteiger partial charge in [-0.3, -0.25) is 9.59 Å². The molecule has 136 valence electrons. The van der Waals surface area contributed by atoms with E-state index in [1.54, 1.807) is 31.2 Å². The molecule has 2 rings (SSSR count). The minimum absolute atomic E-state index is 0.243. The smallest absolute Gasteiger partial charge is 0.363 e. The number of rotatable bonds is 6. The zero-order valence-electron chi connectivity index (χ0n) is 14.4. The number of benzene rings is 1. The summed E-state index contributed by atoms with van der Waals surface area (Å²) in [6.07, 6.45) is 0.424. The number of halogens is 1. The molecule has 26 heavy (non-hydrogen) atoms. The third-order valence-electron chi connectivity index (χ3n) is 3.45. The van der Waals surface area contributed by atoms with Gasteiger partial charge in [-0.1, -0.05) is 17.7 Å². The molecule has 1 aromatic heterocycles. The monoisotopic (exact) mass is 375 g/mol. The molecule has 0 bridgehead atoms. The minimum Gasteiger partial charge on any atom is -0.448 e. The van der Waals surface area contributed by atoms with Crippen molar-refractivity contribution >= 4 is 23.5 Å². The van der Waals surface area contributed by atoms with Crippen LogP contribution in [-0.2, 0) is 9.53 Å². The van der Waals surface area contributed by atoms with Crippen molar-refractivity contribution in [2.75, 3.05) is 6.54 Å². The Labute approximate surface area is 155 Å². The summed E-state index contributed by atoms with van der Waals surface area (Å²) in [4.78, 5) is 36.2. The van der Waals surface area contributed by atoms with Gasteiger partial charge in [0.1, 0.15) is 0 Å². The van der Waals surface area contributed by atoms with Gasteiger partial charge in [0.15, 0.2) is 6.10 Å². The van der Waals surface area contributed by atoms with E-state index in [2.05, 4.69) is 17.0 Å². The molecule has 0 aliphatic carbocycles. The quantitative estimate of drug-likeness (QED) is 0.616. The van der Waals surface area contributed by atoms with Crippen LogP contribution >= 0.6 is 11.6 Å². The summed E-state index contributed by atoms with van der Waals surface area (Å²) in [5.41, 5.74) is 0.161. The van der Waals surface area contributed by atoms with Crippen molar-refractivity contribution in [2.24, 2.45) is 0 Å². The molecule has 0 aliphatic rings. The predicted octanol–water partition coefficient (Wildman–Crippen LogP) is 2.04. The summed E-state index contributed by atoms with van der Waals surface area (Å²) >= 11 is 5.87. The largest absolute Gasteiger partial charge is 0.448 e. The Morgan fingerprint density at radius 2 is 2.04 bits per heavy atom. The lowest BCUT2D eigenvalue weighted by Gasteiger charge is -2.14. The maximum absolute atomic E-state index is 12.3. The fourth-order valence-corrected chi connectivity index (χ4v) is 2.24. The van der Waals surface area contributed by atoms with Crippen molar-refractivity contribution in [1.82, 2.24) is 15.1 Å². The molecule has 0 aliphatic heterocycles.